The summed E-state index contributed by atoms with van der Waals surface area (Å²) in [6.45, 7) is 5.45. The molecule has 0 saturated carbocycles. The van der Waals surface area contributed by atoms with E-state index in [-0.39, 0.29) is 4.90 Å². The van der Waals surface area contributed by atoms with E-state index >= 15 is 0 Å². The summed E-state index contributed by atoms with van der Waals surface area (Å²) in [5.41, 5.74) is -0.585. The van der Waals surface area contributed by atoms with Gasteiger partial charge in [0.05, 0.1) is 11.0 Å². The van der Waals surface area contributed by atoms with Gasteiger partial charge >= 0.3 is 12.0 Å². The standard InChI is InChI=1S/C17H24ClN3O7S/c1-10(22)14(21-29(26,27)12-7-5-11(18)6-8-12)15(24)28-9-13(23)19-16(25)20-17(2,3)4/h5-8,10,14,21-22H,9H2,1-4H3,(H2,19,20,23,25)/t10-,14-/m0/s1. The molecule has 0 aromatic heterocycles. The Kier molecular flexibility index (Phi) is 8.57. The molecule has 2 atom stereocenters. The zero-order chi connectivity index (χ0) is 22.4. The normalized spacial score (nSPS) is 13.9. The van der Waals surface area contributed by atoms with Crippen molar-refractivity contribution in [3.63, 3.8) is 0 Å². The highest BCUT2D eigenvalue weighted by Crippen LogP contribution is 2.15. The number of halogens is 1. The molecule has 0 radical (unpaired) electrons. The molecule has 0 fully saturated rings. The number of hydrogen-bond acceptors (Lipinski definition) is 7. The molecule has 0 aliphatic rings. The van der Waals surface area contributed by atoms with E-state index in [4.69, 9.17) is 16.3 Å². The summed E-state index contributed by atoms with van der Waals surface area (Å²) in [6, 6.07) is 2.67. The van der Waals surface area contributed by atoms with Crippen LogP contribution < -0.4 is 15.4 Å². The minimum absolute atomic E-state index is 0.183. The molecule has 0 spiro atoms. The Morgan fingerprint density at radius 1 is 1.17 bits per heavy atom. The van der Waals surface area contributed by atoms with Gasteiger partial charge in [-0.1, -0.05) is 11.6 Å². The lowest BCUT2D eigenvalue weighted by atomic mass is 10.1. The van der Waals surface area contributed by atoms with E-state index in [1.165, 1.54) is 31.2 Å². The first kappa shape index (κ1) is 24.8. The molecule has 1 rings (SSSR count). The Morgan fingerprint density at radius 2 is 1.72 bits per heavy atom. The Labute approximate surface area is 174 Å². The first-order chi connectivity index (χ1) is 13.2. The van der Waals surface area contributed by atoms with Gasteiger partial charge in [-0.2, -0.15) is 4.72 Å². The quantitative estimate of drug-likeness (QED) is 0.443. The number of carbonyl (C=O) groups is 3. The summed E-state index contributed by atoms with van der Waals surface area (Å²) in [6.07, 6.45) is -1.46. The van der Waals surface area contributed by atoms with Crippen molar-refractivity contribution in [1.29, 1.82) is 0 Å². The number of ether oxygens (including phenoxy) is 1. The van der Waals surface area contributed by atoms with Crippen LogP contribution in [0.2, 0.25) is 5.02 Å². The fourth-order valence-electron chi connectivity index (χ4n) is 1.95. The van der Waals surface area contributed by atoms with Crippen LogP contribution in [-0.4, -0.2) is 55.7 Å². The molecule has 0 unspecified atom stereocenters. The number of benzene rings is 1. The maximum Gasteiger partial charge on any atom is 0.327 e. The maximum atomic E-state index is 12.4. The lowest BCUT2D eigenvalue weighted by Gasteiger charge is -2.21. The summed E-state index contributed by atoms with van der Waals surface area (Å²) in [7, 11) is -4.18. The fraction of sp³-hybridized carbons (Fsp3) is 0.471. The molecule has 0 heterocycles. The number of aliphatic hydroxyl groups excluding tert-OH is 1. The van der Waals surface area contributed by atoms with Crippen LogP contribution in [0.25, 0.3) is 0 Å². The molecule has 10 nitrogen and oxygen atoms in total. The monoisotopic (exact) mass is 449 g/mol. The summed E-state index contributed by atoms with van der Waals surface area (Å²) in [5.74, 6) is -2.12. The zero-order valence-corrected chi connectivity index (χ0v) is 17.9. The van der Waals surface area contributed by atoms with E-state index in [9.17, 15) is 27.9 Å². The lowest BCUT2D eigenvalue weighted by molar-refractivity contribution is -0.152. The van der Waals surface area contributed by atoms with Crippen LogP contribution in [-0.2, 0) is 24.3 Å². The second kappa shape index (κ2) is 10.0. The third kappa shape index (κ3) is 8.77. The number of hydrogen-bond donors (Lipinski definition) is 4. The van der Waals surface area contributed by atoms with Crippen molar-refractivity contribution >= 4 is 39.5 Å². The number of urea groups is 1. The van der Waals surface area contributed by atoms with Gasteiger partial charge in [0, 0.05) is 10.6 Å². The molecule has 0 aliphatic heterocycles. The van der Waals surface area contributed by atoms with Gasteiger partial charge in [-0.3, -0.25) is 14.9 Å². The van der Waals surface area contributed by atoms with Gasteiger partial charge in [0.25, 0.3) is 5.91 Å². The largest absolute Gasteiger partial charge is 0.454 e. The number of rotatable bonds is 7. The van der Waals surface area contributed by atoms with Crippen LogP contribution in [0.1, 0.15) is 27.7 Å². The van der Waals surface area contributed by atoms with E-state index in [1.807, 2.05) is 10.0 Å². The molecule has 3 amide bonds. The Bertz CT molecular complexity index is 849. The van der Waals surface area contributed by atoms with Crippen LogP contribution in [0, 0.1) is 0 Å². The van der Waals surface area contributed by atoms with E-state index in [0.29, 0.717) is 5.02 Å². The summed E-state index contributed by atoms with van der Waals surface area (Å²) >= 11 is 5.71. The average molecular weight is 450 g/mol. The van der Waals surface area contributed by atoms with Gasteiger partial charge < -0.3 is 15.2 Å². The minimum atomic E-state index is -4.18. The second-order valence-electron chi connectivity index (χ2n) is 7.15. The molecular weight excluding hydrogens is 426 g/mol. The predicted molar refractivity (Wildman–Crippen MR) is 105 cm³/mol. The molecule has 0 saturated heterocycles. The van der Waals surface area contributed by atoms with Gasteiger partial charge in [0.15, 0.2) is 6.61 Å². The summed E-state index contributed by atoms with van der Waals surface area (Å²) in [4.78, 5) is 35.3. The third-order valence-electron chi connectivity index (χ3n) is 3.23. The molecule has 162 valence electrons. The highest BCUT2D eigenvalue weighted by Gasteiger charge is 2.31. The van der Waals surface area contributed by atoms with Gasteiger partial charge in [-0.25, -0.2) is 13.2 Å². The molecule has 0 aliphatic carbocycles. The fourth-order valence-corrected chi connectivity index (χ4v) is 3.34. The number of imide groups is 1. The average Bonchev–Trinajstić information content (AvgIpc) is 2.56. The number of aliphatic hydroxyl groups is 1. The van der Waals surface area contributed by atoms with Crippen molar-refractivity contribution in [2.75, 3.05) is 6.61 Å². The Morgan fingerprint density at radius 3 is 2.21 bits per heavy atom. The van der Waals surface area contributed by atoms with Crippen LogP contribution in [0.4, 0.5) is 4.79 Å². The van der Waals surface area contributed by atoms with Gasteiger partial charge in [-0.15, -0.1) is 0 Å². The van der Waals surface area contributed by atoms with Crippen LogP contribution in [0.3, 0.4) is 0 Å². The predicted octanol–water partition coefficient (Wildman–Crippen LogP) is 0.535. The van der Waals surface area contributed by atoms with Crippen molar-refractivity contribution in [2.24, 2.45) is 0 Å². The van der Waals surface area contributed by atoms with E-state index in [1.54, 1.807) is 20.8 Å². The lowest BCUT2D eigenvalue weighted by Crippen LogP contribution is -2.51. The summed E-state index contributed by atoms with van der Waals surface area (Å²) < 4.78 is 31.5. The first-order valence-corrected chi connectivity index (χ1v) is 10.3. The molecule has 12 heteroatoms. The van der Waals surface area contributed by atoms with Crippen molar-refractivity contribution in [2.45, 2.75) is 50.3 Å². The van der Waals surface area contributed by atoms with E-state index in [2.05, 4.69) is 5.32 Å². The Balaban J connectivity index is 2.72. The molecule has 1 aromatic carbocycles. The van der Waals surface area contributed by atoms with Crippen LogP contribution in [0.5, 0.6) is 0 Å². The Hall–Kier alpha value is -2.21. The van der Waals surface area contributed by atoms with Gasteiger partial charge in [0.1, 0.15) is 6.04 Å². The maximum absolute atomic E-state index is 12.4. The number of esters is 1. The smallest absolute Gasteiger partial charge is 0.327 e. The molecule has 29 heavy (non-hydrogen) atoms. The number of carbonyl (C=O) groups excluding carboxylic acids is 3. The van der Waals surface area contributed by atoms with Gasteiger partial charge in [-0.05, 0) is 52.0 Å². The van der Waals surface area contributed by atoms with Crippen molar-refractivity contribution < 1.29 is 32.6 Å². The highest BCUT2D eigenvalue weighted by atomic mass is 35.5. The van der Waals surface area contributed by atoms with E-state index in [0.717, 1.165) is 0 Å². The highest BCUT2D eigenvalue weighted by molar-refractivity contribution is 7.89. The van der Waals surface area contributed by atoms with Crippen LogP contribution in [0.15, 0.2) is 29.2 Å². The van der Waals surface area contributed by atoms with Crippen LogP contribution >= 0.6 is 11.6 Å². The second-order valence-corrected chi connectivity index (χ2v) is 9.30. The van der Waals surface area contributed by atoms with Crippen molar-refractivity contribution in [3.8, 4) is 0 Å². The van der Waals surface area contributed by atoms with Crippen molar-refractivity contribution in [3.05, 3.63) is 29.3 Å². The number of nitrogens with one attached hydrogen (secondary N) is 3. The minimum Gasteiger partial charge on any atom is -0.454 e. The summed E-state index contributed by atoms with van der Waals surface area (Å²) in [5, 5.41) is 14.5. The zero-order valence-electron chi connectivity index (χ0n) is 16.4. The first-order valence-electron chi connectivity index (χ1n) is 8.46. The topological polar surface area (TPSA) is 151 Å². The molecule has 4 N–H and O–H groups in total. The SMILES string of the molecule is C[C@H](O)[C@H](NS(=O)(=O)c1ccc(Cl)cc1)C(=O)OCC(=O)NC(=O)NC(C)(C)C. The van der Waals surface area contributed by atoms with Crippen molar-refractivity contribution in [1.82, 2.24) is 15.4 Å². The number of sulfonamides is 1. The molecule has 0 bridgehead atoms. The van der Waals surface area contributed by atoms with E-state index < -0.39 is 52.2 Å². The molecular formula is C17H24ClN3O7S. The molecule has 1 aromatic rings. The number of amides is 3. The van der Waals surface area contributed by atoms with Gasteiger partial charge in [0.2, 0.25) is 10.0 Å². The third-order valence-corrected chi connectivity index (χ3v) is 4.94.